The third kappa shape index (κ3) is 2.45. The van der Waals surface area contributed by atoms with E-state index in [-0.39, 0.29) is 0 Å². The molecule has 2 aromatic rings. The summed E-state index contributed by atoms with van der Waals surface area (Å²) in [7, 11) is 0. The van der Waals surface area contributed by atoms with Gasteiger partial charge in [0.15, 0.2) is 0 Å². The molecule has 0 aliphatic heterocycles. The fraction of sp³-hybridized carbons (Fsp3) is 0.231. The molecule has 2 heterocycles. The van der Waals surface area contributed by atoms with E-state index in [1.54, 1.807) is 29.7 Å². The van der Waals surface area contributed by atoms with Gasteiger partial charge in [0.25, 0.3) is 0 Å². The van der Waals surface area contributed by atoms with Crippen molar-refractivity contribution in [2.24, 2.45) is 0 Å². The van der Waals surface area contributed by atoms with Gasteiger partial charge >= 0.3 is 0 Å². The molecule has 0 saturated heterocycles. The average molecular weight is 244 g/mol. The smallest absolute Gasteiger partial charge is 0.134 e. The number of rotatable bonds is 3. The van der Waals surface area contributed by atoms with Crippen LogP contribution in [-0.4, -0.2) is 4.98 Å². The minimum atomic E-state index is 0.549. The second kappa shape index (κ2) is 4.98. The monoisotopic (exact) mass is 244 g/mol. The Hall–Kier alpha value is -1.86. The Morgan fingerprint density at radius 2 is 2.47 bits per heavy atom. The van der Waals surface area contributed by atoms with Crippen molar-refractivity contribution in [2.45, 2.75) is 20.3 Å². The molecule has 3 nitrogen and oxygen atoms in total. The van der Waals surface area contributed by atoms with Gasteiger partial charge in [-0.15, -0.1) is 11.3 Å². The number of nitriles is 1. The van der Waals surface area contributed by atoms with Crippen LogP contribution in [0.1, 0.15) is 28.3 Å². The number of aryl methyl sites for hydroxylation is 2. The number of furan rings is 1. The quantitative estimate of drug-likeness (QED) is 0.774. The molecule has 0 amide bonds. The molecule has 0 spiro atoms. The summed E-state index contributed by atoms with van der Waals surface area (Å²) in [6.07, 6.45) is 4.20. The molecule has 0 fully saturated rings. The van der Waals surface area contributed by atoms with Crippen molar-refractivity contribution in [3.05, 3.63) is 39.7 Å². The van der Waals surface area contributed by atoms with Gasteiger partial charge in [0.1, 0.15) is 16.8 Å². The van der Waals surface area contributed by atoms with Crippen LogP contribution in [0.25, 0.3) is 11.6 Å². The number of aromatic nitrogens is 1. The van der Waals surface area contributed by atoms with Crippen molar-refractivity contribution in [1.29, 1.82) is 5.26 Å². The van der Waals surface area contributed by atoms with Crippen LogP contribution in [0.4, 0.5) is 0 Å². The van der Waals surface area contributed by atoms with E-state index in [0.29, 0.717) is 11.3 Å². The minimum absolute atomic E-state index is 0.549. The lowest BCUT2D eigenvalue weighted by Gasteiger charge is -1.91. The van der Waals surface area contributed by atoms with Gasteiger partial charge in [0, 0.05) is 11.0 Å². The fourth-order valence-corrected chi connectivity index (χ4v) is 2.50. The van der Waals surface area contributed by atoms with Gasteiger partial charge in [0.2, 0.25) is 0 Å². The van der Waals surface area contributed by atoms with E-state index < -0.39 is 0 Å². The summed E-state index contributed by atoms with van der Waals surface area (Å²) in [5.41, 5.74) is 1.61. The third-order valence-electron chi connectivity index (χ3n) is 2.41. The topological polar surface area (TPSA) is 49.8 Å². The summed E-state index contributed by atoms with van der Waals surface area (Å²) in [6.45, 7) is 4.09. The van der Waals surface area contributed by atoms with Crippen molar-refractivity contribution in [3.63, 3.8) is 0 Å². The van der Waals surface area contributed by atoms with Crippen molar-refractivity contribution >= 4 is 23.0 Å². The van der Waals surface area contributed by atoms with Crippen molar-refractivity contribution in [1.82, 2.24) is 4.98 Å². The Kier molecular flexibility index (Phi) is 3.40. The second-order valence-corrected chi connectivity index (χ2v) is 4.76. The molecule has 2 rings (SSSR count). The zero-order chi connectivity index (χ0) is 12.3. The van der Waals surface area contributed by atoms with Gasteiger partial charge in [-0.2, -0.15) is 5.26 Å². The first-order chi connectivity index (χ1) is 8.24. The molecule has 0 aliphatic rings. The Labute approximate surface area is 104 Å². The van der Waals surface area contributed by atoms with Crippen LogP contribution < -0.4 is 0 Å². The lowest BCUT2D eigenvalue weighted by Crippen LogP contribution is -1.84. The summed E-state index contributed by atoms with van der Waals surface area (Å²) in [5.74, 6) is 0.674. The zero-order valence-corrected chi connectivity index (χ0v) is 10.5. The Morgan fingerprint density at radius 1 is 1.65 bits per heavy atom. The molecule has 4 heteroatoms. The Bertz CT molecular complexity index is 573. The van der Waals surface area contributed by atoms with Crippen molar-refractivity contribution < 1.29 is 4.42 Å². The molecule has 0 atom stereocenters. The van der Waals surface area contributed by atoms with Gasteiger partial charge < -0.3 is 4.42 Å². The molecule has 0 unspecified atom stereocenters. The summed E-state index contributed by atoms with van der Waals surface area (Å²) >= 11 is 1.55. The first-order valence-electron chi connectivity index (χ1n) is 5.36. The molecule has 2 aromatic heterocycles. The third-order valence-corrected chi connectivity index (χ3v) is 3.45. The van der Waals surface area contributed by atoms with Crippen molar-refractivity contribution in [3.8, 4) is 6.07 Å². The molecule has 0 saturated carbocycles. The Balaban J connectivity index is 2.39. The second-order valence-electron chi connectivity index (χ2n) is 3.56. The van der Waals surface area contributed by atoms with Gasteiger partial charge in [-0.05, 0) is 25.5 Å². The molecule has 0 aliphatic carbocycles. The van der Waals surface area contributed by atoms with Crippen LogP contribution in [0.3, 0.4) is 0 Å². The largest absolute Gasteiger partial charge is 0.465 e. The number of nitrogens with zero attached hydrogens (tertiary/aromatic N) is 2. The molecule has 0 N–H and O–H groups in total. The van der Waals surface area contributed by atoms with E-state index in [0.717, 1.165) is 17.1 Å². The van der Waals surface area contributed by atoms with Crippen molar-refractivity contribution in [2.75, 3.05) is 0 Å². The SMILES string of the molecule is CCc1nc(C(C#N)=Cc2ccco2)sc1C. The minimum Gasteiger partial charge on any atom is -0.465 e. The number of allylic oxidation sites excluding steroid dienone is 1. The van der Waals surface area contributed by atoms with Crippen LogP contribution in [0.2, 0.25) is 0 Å². The van der Waals surface area contributed by atoms with Gasteiger partial charge in [-0.25, -0.2) is 4.98 Å². The molecular formula is C13H12N2OS. The normalized spacial score (nSPS) is 11.5. The van der Waals surface area contributed by atoms with E-state index in [1.807, 2.05) is 13.0 Å². The molecule has 0 radical (unpaired) electrons. The van der Waals surface area contributed by atoms with Crippen LogP contribution in [0, 0.1) is 18.3 Å². The average Bonchev–Trinajstić information content (AvgIpc) is 2.95. The zero-order valence-electron chi connectivity index (χ0n) is 9.73. The van der Waals surface area contributed by atoms with Crippen LogP contribution in [0.5, 0.6) is 0 Å². The molecule has 86 valence electrons. The molecule has 0 aromatic carbocycles. The molecular weight excluding hydrogens is 232 g/mol. The first-order valence-corrected chi connectivity index (χ1v) is 6.18. The lowest BCUT2D eigenvalue weighted by atomic mass is 10.2. The van der Waals surface area contributed by atoms with E-state index in [1.165, 1.54) is 4.88 Å². The van der Waals surface area contributed by atoms with Gasteiger partial charge in [-0.3, -0.25) is 0 Å². The van der Waals surface area contributed by atoms with Crippen LogP contribution in [-0.2, 0) is 6.42 Å². The summed E-state index contributed by atoms with van der Waals surface area (Å²) in [5, 5.41) is 9.92. The highest BCUT2D eigenvalue weighted by Crippen LogP contribution is 2.25. The highest BCUT2D eigenvalue weighted by Gasteiger charge is 2.10. The summed E-state index contributed by atoms with van der Waals surface area (Å²) < 4.78 is 5.20. The first kappa shape index (κ1) is 11.6. The maximum Gasteiger partial charge on any atom is 0.134 e. The molecule has 0 bridgehead atoms. The maximum absolute atomic E-state index is 9.16. The van der Waals surface area contributed by atoms with Crippen LogP contribution in [0.15, 0.2) is 22.8 Å². The predicted molar refractivity (Wildman–Crippen MR) is 68.4 cm³/mol. The number of hydrogen-bond donors (Lipinski definition) is 0. The maximum atomic E-state index is 9.16. The number of thiazole rings is 1. The number of hydrogen-bond acceptors (Lipinski definition) is 4. The molecule has 17 heavy (non-hydrogen) atoms. The predicted octanol–water partition coefficient (Wildman–Crippen LogP) is 3.67. The van der Waals surface area contributed by atoms with E-state index in [4.69, 9.17) is 9.68 Å². The van der Waals surface area contributed by atoms with E-state index >= 15 is 0 Å². The van der Waals surface area contributed by atoms with Crippen LogP contribution >= 0.6 is 11.3 Å². The fourth-order valence-electron chi connectivity index (χ4n) is 1.53. The Morgan fingerprint density at radius 3 is 3.00 bits per heavy atom. The highest BCUT2D eigenvalue weighted by molar-refractivity contribution is 7.12. The summed E-state index contributed by atoms with van der Waals surface area (Å²) in [6, 6.07) is 5.79. The van der Waals surface area contributed by atoms with E-state index in [9.17, 15) is 0 Å². The standard InChI is InChI=1S/C13H12N2OS/c1-3-12-9(2)17-13(15-12)10(8-14)7-11-5-4-6-16-11/h4-7H,3H2,1-2H3. The van der Waals surface area contributed by atoms with E-state index in [2.05, 4.69) is 18.0 Å². The summed E-state index contributed by atoms with van der Waals surface area (Å²) in [4.78, 5) is 5.64. The van der Waals surface area contributed by atoms with Gasteiger partial charge in [0.05, 0.1) is 17.5 Å². The lowest BCUT2D eigenvalue weighted by molar-refractivity contribution is 0.557. The highest BCUT2D eigenvalue weighted by atomic mass is 32.1. The van der Waals surface area contributed by atoms with Gasteiger partial charge in [-0.1, -0.05) is 6.92 Å².